The molecule has 0 amide bonds. The van der Waals surface area contributed by atoms with Crippen molar-refractivity contribution in [3.63, 3.8) is 0 Å². The van der Waals surface area contributed by atoms with Crippen LogP contribution in [-0.2, 0) is 6.54 Å². The standard InChI is InChI=1S/C27H28FN5O2.C5H4/c1-17-14-31(16-29-17)22-11-6-19(13-24(22)35-5)12-23-25(34)33(26-30-27(3,4)15-32(23)26)18(2)20-7-9-21(28)10-8-20;1-3-5-4-2/h6-14,16,18H,15H2,1-5H3;1H,2H3/b23-12-;. The van der Waals surface area contributed by atoms with E-state index in [1.807, 2.05) is 67.3 Å². The van der Waals surface area contributed by atoms with Gasteiger partial charge in [-0.1, -0.05) is 24.1 Å². The Morgan fingerprint density at radius 3 is 2.50 bits per heavy atom. The fourth-order valence-electron chi connectivity index (χ4n) is 4.69. The Kier molecular flexibility index (Phi) is 8.11. The van der Waals surface area contributed by atoms with E-state index in [9.17, 15) is 9.18 Å². The molecule has 5 rings (SSSR count). The van der Waals surface area contributed by atoms with Gasteiger partial charge in [0.1, 0.15) is 16.9 Å². The topological polar surface area (TPSA) is 66.3 Å². The summed E-state index contributed by atoms with van der Waals surface area (Å²) < 4.78 is 24.7. The number of halogens is 1. The number of hydrogen-bond donors (Lipinski definition) is 0. The molecule has 0 radical (unpaired) electrons. The number of ether oxygens (including phenoxy) is 1. The molecule has 2 aromatic carbocycles. The molecule has 0 saturated heterocycles. The van der Waals surface area contributed by atoms with Crippen LogP contribution < -0.4 is 21.3 Å². The van der Waals surface area contributed by atoms with Gasteiger partial charge in [0.25, 0.3) is 5.56 Å². The zero-order chi connectivity index (χ0) is 29.0. The Balaban J connectivity index is 0.000000681. The Labute approximate surface area is 233 Å². The minimum atomic E-state index is -0.337. The molecule has 0 saturated carbocycles. The lowest BCUT2D eigenvalue weighted by Gasteiger charge is -2.14. The molecule has 0 N–H and O–H groups in total. The maximum atomic E-state index is 13.7. The van der Waals surface area contributed by atoms with Gasteiger partial charge >= 0.3 is 0 Å². The molecule has 4 aromatic rings. The Morgan fingerprint density at radius 1 is 1.20 bits per heavy atom. The summed E-state index contributed by atoms with van der Waals surface area (Å²) in [6.07, 6.45) is 10.3. The van der Waals surface area contributed by atoms with E-state index in [4.69, 9.17) is 16.2 Å². The monoisotopic (exact) mass is 537 g/mol. The van der Waals surface area contributed by atoms with Gasteiger partial charge in [0, 0.05) is 6.20 Å². The van der Waals surface area contributed by atoms with Gasteiger partial charge in [-0.15, -0.1) is 6.42 Å². The zero-order valence-corrected chi connectivity index (χ0v) is 23.6. The molecular formula is C32H32FN5O2. The number of rotatable bonds is 5. The van der Waals surface area contributed by atoms with Gasteiger partial charge in [-0.25, -0.2) is 14.4 Å². The minimum absolute atomic E-state index is 0.135. The number of terminal acetylenes is 1. The normalized spacial score (nSPS) is 14.1. The highest BCUT2D eigenvalue weighted by molar-refractivity contribution is 5.58. The van der Waals surface area contributed by atoms with Crippen LogP contribution in [0.1, 0.15) is 50.6 Å². The second-order valence-electron chi connectivity index (χ2n) is 10.1. The van der Waals surface area contributed by atoms with Crippen LogP contribution in [0, 0.1) is 36.9 Å². The number of fused-ring (bicyclic) bond motifs is 1. The maximum Gasteiger partial charge on any atom is 0.277 e. The molecule has 0 aliphatic carbocycles. The minimum Gasteiger partial charge on any atom is -0.495 e. The number of aryl methyl sites for hydroxylation is 1. The molecule has 40 heavy (non-hydrogen) atoms. The van der Waals surface area contributed by atoms with Crippen LogP contribution >= 0.6 is 0 Å². The van der Waals surface area contributed by atoms with Gasteiger partial charge in [-0.05, 0) is 87.9 Å². The van der Waals surface area contributed by atoms with Crippen LogP contribution in [0.25, 0.3) is 11.8 Å². The lowest BCUT2D eigenvalue weighted by Crippen LogP contribution is -2.36. The maximum absolute atomic E-state index is 13.7. The van der Waals surface area contributed by atoms with Crippen molar-refractivity contribution in [3.8, 4) is 35.6 Å². The fraction of sp³-hybridized carbons (Fsp3) is 0.281. The third-order valence-electron chi connectivity index (χ3n) is 6.57. The summed E-state index contributed by atoms with van der Waals surface area (Å²) in [6.45, 7) is 10.3. The molecule has 0 bridgehead atoms. The molecule has 204 valence electrons. The number of imidazole rings is 2. The van der Waals surface area contributed by atoms with E-state index in [0.717, 1.165) is 22.5 Å². The fourth-order valence-corrected chi connectivity index (χ4v) is 4.69. The van der Waals surface area contributed by atoms with Crippen molar-refractivity contribution in [2.24, 2.45) is 4.99 Å². The second kappa shape index (κ2) is 11.5. The van der Waals surface area contributed by atoms with Crippen LogP contribution in [0.2, 0.25) is 0 Å². The van der Waals surface area contributed by atoms with Gasteiger partial charge in [-0.2, -0.15) is 0 Å². The van der Waals surface area contributed by atoms with Crippen molar-refractivity contribution in [2.45, 2.75) is 52.7 Å². The number of hydrogen-bond acceptors (Lipinski definition) is 4. The number of benzene rings is 2. The average molecular weight is 538 g/mol. The first kappa shape index (κ1) is 28.2. The SMILES string of the molecule is C#CC#CC.COc1cc(/C=c2/c(=O)n(C(C)c3ccc(F)cc3)c3n2CC(C)(C)N=3)ccc1-n1cnc(C)c1. The Bertz CT molecular complexity index is 1820. The van der Waals surface area contributed by atoms with Crippen molar-refractivity contribution in [3.05, 3.63) is 98.9 Å². The van der Waals surface area contributed by atoms with Crippen LogP contribution in [0.4, 0.5) is 4.39 Å². The number of methoxy groups -OCH3 is 1. The molecule has 1 aliphatic rings. The van der Waals surface area contributed by atoms with Crippen LogP contribution in [-0.4, -0.2) is 31.3 Å². The number of aromatic nitrogens is 4. The largest absolute Gasteiger partial charge is 0.495 e. The van der Waals surface area contributed by atoms with E-state index in [-0.39, 0.29) is 23.0 Å². The van der Waals surface area contributed by atoms with Crippen LogP contribution in [0.5, 0.6) is 5.75 Å². The first-order valence-corrected chi connectivity index (χ1v) is 12.8. The average Bonchev–Trinajstić information content (AvgIpc) is 3.56. The molecule has 0 spiro atoms. The van der Waals surface area contributed by atoms with E-state index in [1.54, 1.807) is 37.1 Å². The lowest BCUT2D eigenvalue weighted by molar-refractivity contribution is 0.413. The van der Waals surface area contributed by atoms with E-state index in [2.05, 4.69) is 22.7 Å². The Hall–Kier alpha value is -4.82. The lowest BCUT2D eigenvalue weighted by atomic mass is 10.1. The molecule has 0 fully saturated rings. The van der Waals surface area contributed by atoms with Crippen LogP contribution in [0.3, 0.4) is 0 Å². The first-order chi connectivity index (χ1) is 19.1. The van der Waals surface area contributed by atoms with Gasteiger partial charge in [0.2, 0.25) is 5.62 Å². The molecule has 3 heterocycles. The van der Waals surface area contributed by atoms with E-state index in [0.29, 0.717) is 23.3 Å². The van der Waals surface area contributed by atoms with Crippen LogP contribution in [0.15, 0.2) is 64.8 Å². The third-order valence-corrected chi connectivity index (χ3v) is 6.57. The summed E-state index contributed by atoms with van der Waals surface area (Å²) in [5, 5.41) is 0.552. The van der Waals surface area contributed by atoms with Gasteiger partial charge in [0.05, 0.1) is 42.9 Å². The zero-order valence-electron chi connectivity index (χ0n) is 23.6. The summed E-state index contributed by atoms with van der Waals surface area (Å²) in [5.41, 5.74) is 3.61. The molecule has 8 heteroatoms. The summed E-state index contributed by atoms with van der Waals surface area (Å²) >= 11 is 0. The highest BCUT2D eigenvalue weighted by Gasteiger charge is 2.29. The molecule has 2 aromatic heterocycles. The number of nitrogens with zero attached hydrogens (tertiary/aromatic N) is 5. The second-order valence-corrected chi connectivity index (χ2v) is 10.1. The highest BCUT2D eigenvalue weighted by atomic mass is 19.1. The van der Waals surface area contributed by atoms with Crippen molar-refractivity contribution >= 4 is 6.08 Å². The van der Waals surface area contributed by atoms with E-state index >= 15 is 0 Å². The van der Waals surface area contributed by atoms with Crippen molar-refractivity contribution < 1.29 is 9.13 Å². The van der Waals surface area contributed by atoms with Gasteiger partial charge in [0.15, 0.2) is 0 Å². The van der Waals surface area contributed by atoms with E-state index in [1.165, 1.54) is 12.1 Å². The van der Waals surface area contributed by atoms with Gasteiger partial charge < -0.3 is 13.9 Å². The molecule has 1 aliphatic heterocycles. The van der Waals surface area contributed by atoms with Gasteiger partial charge in [-0.3, -0.25) is 9.36 Å². The predicted octanol–water partition coefficient (Wildman–Crippen LogP) is 3.78. The summed E-state index contributed by atoms with van der Waals surface area (Å²) in [5.74, 6) is 7.44. The highest BCUT2D eigenvalue weighted by Crippen LogP contribution is 2.25. The molecule has 1 atom stereocenters. The van der Waals surface area contributed by atoms with Crippen molar-refractivity contribution in [2.75, 3.05) is 7.11 Å². The Morgan fingerprint density at radius 2 is 1.93 bits per heavy atom. The quantitative estimate of drug-likeness (QED) is 0.364. The predicted molar refractivity (Wildman–Crippen MR) is 154 cm³/mol. The summed E-state index contributed by atoms with van der Waals surface area (Å²) in [6, 6.07) is 11.8. The third kappa shape index (κ3) is 5.77. The molecule has 1 unspecified atom stereocenters. The van der Waals surface area contributed by atoms with Crippen molar-refractivity contribution in [1.82, 2.24) is 18.7 Å². The summed E-state index contributed by atoms with van der Waals surface area (Å²) in [7, 11) is 1.63. The smallest absolute Gasteiger partial charge is 0.277 e. The van der Waals surface area contributed by atoms with Crippen molar-refractivity contribution in [1.29, 1.82) is 0 Å². The van der Waals surface area contributed by atoms with E-state index < -0.39 is 0 Å². The molecular weight excluding hydrogens is 505 g/mol. The summed E-state index contributed by atoms with van der Waals surface area (Å²) in [4.78, 5) is 22.8. The molecule has 7 nitrogen and oxygen atoms in total. The first-order valence-electron chi connectivity index (χ1n) is 12.8.